The molecule has 1 unspecified atom stereocenters. The summed E-state index contributed by atoms with van der Waals surface area (Å²) in [4.78, 5) is 25.2. The summed E-state index contributed by atoms with van der Waals surface area (Å²) >= 11 is 0. The fourth-order valence-electron chi connectivity index (χ4n) is 3.70. The third kappa shape index (κ3) is 5.57. The number of para-hydroxylation sites is 1. The third-order valence-electron chi connectivity index (χ3n) is 5.48. The Morgan fingerprint density at radius 3 is 2.28 bits per heavy atom. The van der Waals surface area contributed by atoms with Gasteiger partial charge in [-0.1, -0.05) is 48.5 Å². The van der Waals surface area contributed by atoms with Gasteiger partial charge < -0.3 is 15.2 Å². The lowest BCUT2D eigenvalue weighted by Crippen LogP contribution is -2.31. The summed E-state index contributed by atoms with van der Waals surface area (Å²) in [5.74, 6) is -2.56. The van der Waals surface area contributed by atoms with Crippen LogP contribution in [0.5, 0.6) is 5.88 Å². The molecule has 3 aromatic carbocycles. The summed E-state index contributed by atoms with van der Waals surface area (Å²) in [6.45, 7) is 1.87. The number of carbonyl (C=O) groups excluding carboxylic acids is 2. The van der Waals surface area contributed by atoms with Crippen LogP contribution in [-0.2, 0) is 9.53 Å². The Morgan fingerprint density at radius 2 is 1.64 bits per heavy atom. The van der Waals surface area contributed by atoms with Crippen LogP contribution in [0.4, 0.5) is 8.78 Å². The quantitative estimate of drug-likeness (QED) is 0.340. The molecule has 4 aromatic rings. The zero-order chi connectivity index (χ0) is 25.7. The van der Waals surface area contributed by atoms with Crippen molar-refractivity contribution in [3.8, 4) is 22.7 Å². The van der Waals surface area contributed by atoms with Crippen LogP contribution in [0.3, 0.4) is 0 Å². The molecule has 0 aliphatic carbocycles. The van der Waals surface area contributed by atoms with E-state index in [2.05, 4.69) is 10.4 Å². The van der Waals surface area contributed by atoms with Crippen molar-refractivity contribution >= 4 is 11.9 Å². The molecule has 36 heavy (non-hydrogen) atoms. The van der Waals surface area contributed by atoms with Gasteiger partial charge in [0.2, 0.25) is 5.88 Å². The van der Waals surface area contributed by atoms with Crippen LogP contribution in [0.25, 0.3) is 16.8 Å². The highest BCUT2D eigenvalue weighted by molar-refractivity contribution is 5.93. The van der Waals surface area contributed by atoms with Crippen molar-refractivity contribution in [2.75, 3.05) is 6.61 Å². The van der Waals surface area contributed by atoms with E-state index < -0.39 is 29.6 Å². The largest absolute Gasteiger partial charge is 0.493 e. The van der Waals surface area contributed by atoms with Crippen LogP contribution < -0.4 is 5.32 Å². The number of aromatic hydroxyl groups is 1. The highest BCUT2D eigenvalue weighted by atomic mass is 19.1. The average Bonchev–Trinajstić information content (AvgIpc) is 3.26. The van der Waals surface area contributed by atoms with Gasteiger partial charge in [0.1, 0.15) is 17.3 Å². The molecule has 0 aliphatic heterocycles. The van der Waals surface area contributed by atoms with Crippen molar-refractivity contribution in [1.82, 2.24) is 15.1 Å². The van der Waals surface area contributed by atoms with Crippen LogP contribution in [-0.4, -0.2) is 33.4 Å². The minimum Gasteiger partial charge on any atom is -0.493 e. The van der Waals surface area contributed by atoms with Gasteiger partial charge in [0.05, 0.1) is 19.1 Å². The highest BCUT2D eigenvalue weighted by Crippen LogP contribution is 2.25. The molecule has 1 amide bonds. The molecular weight excluding hydrogens is 468 g/mol. The van der Waals surface area contributed by atoms with Gasteiger partial charge in [-0.3, -0.25) is 9.59 Å². The second-order valence-electron chi connectivity index (χ2n) is 7.92. The number of hydrogen-bond acceptors (Lipinski definition) is 5. The number of halogens is 2. The summed E-state index contributed by atoms with van der Waals surface area (Å²) in [5, 5.41) is 17.0. The topological polar surface area (TPSA) is 93.5 Å². The Labute approximate surface area is 206 Å². The van der Waals surface area contributed by atoms with Crippen molar-refractivity contribution in [3.05, 3.63) is 102 Å². The van der Waals surface area contributed by atoms with Gasteiger partial charge in [-0.25, -0.2) is 8.78 Å². The highest BCUT2D eigenvalue weighted by Gasteiger charge is 2.23. The molecule has 1 atom stereocenters. The van der Waals surface area contributed by atoms with Gasteiger partial charge in [-0.05, 0) is 47.9 Å². The van der Waals surface area contributed by atoms with Crippen molar-refractivity contribution in [1.29, 1.82) is 0 Å². The fourth-order valence-corrected chi connectivity index (χ4v) is 3.70. The van der Waals surface area contributed by atoms with Gasteiger partial charge in [-0.15, -0.1) is 0 Å². The predicted molar refractivity (Wildman–Crippen MR) is 128 cm³/mol. The molecule has 0 spiro atoms. The Bertz CT molecular complexity index is 1370. The van der Waals surface area contributed by atoms with Crippen LogP contribution in [0.15, 0.2) is 78.9 Å². The lowest BCUT2D eigenvalue weighted by molar-refractivity contribution is -0.143. The van der Waals surface area contributed by atoms with Crippen molar-refractivity contribution in [2.24, 2.45) is 0 Å². The molecule has 0 bridgehead atoms. The van der Waals surface area contributed by atoms with E-state index in [9.17, 15) is 23.5 Å². The Morgan fingerprint density at radius 1 is 1.00 bits per heavy atom. The molecule has 0 saturated heterocycles. The number of amides is 1. The maximum Gasteiger partial charge on any atom is 0.308 e. The molecule has 7 nitrogen and oxygen atoms in total. The van der Waals surface area contributed by atoms with Crippen molar-refractivity contribution < 1.29 is 28.2 Å². The van der Waals surface area contributed by atoms with Crippen molar-refractivity contribution in [2.45, 2.75) is 19.4 Å². The molecule has 184 valence electrons. The molecular formula is C27H23F2N3O4. The number of carbonyl (C=O) groups is 2. The molecule has 0 saturated carbocycles. The number of nitrogens with zero attached hydrogens (tertiary/aromatic N) is 2. The molecule has 0 radical (unpaired) electrons. The minimum absolute atomic E-state index is 0.0199. The summed E-state index contributed by atoms with van der Waals surface area (Å²) in [5.41, 5.74) is 2.08. The van der Waals surface area contributed by atoms with Crippen LogP contribution in [0, 0.1) is 11.6 Å². The number of esters is 1. The van der Waals surface area contributed by atoms with Gasteiger partial charge in [0.25, 0.3) is 5.91 Å². The zero-order valence-electron chi connectivity index (χ0n) is 19.3. The zero-order valence-corrected chi connectivity index (χ0v) is 19.3. The monoisotopic (exact) mass is 491 g/mol. The van der Waals surface area contributed by atoms with Gasteiger partial charge >= 0.3 is 5.97 Å². The predicted octanol–water partition coefficient (Wildman–Crippen LogP) is 4.95. The fraction of sp³-hybridized carbons (Fsp3) is 0.148. The molecule has 4 rings (SSSR count). The van der Waals surface area contributed by atoms with Crippen LogP contribution in [0.1, 0.15) is 35.4 Å². The second kappa shape index (κ2) is 10.8. The first-order valence-electron chi connectivity index (χ1n) is 11.2. The lowest BCUT2D eigenvalue weighted by Gasteiger charge is -2.18. The van der Waals surface area contributed by atoms with E-state index in [1.165, 1.54) is 30.3 Å². The Kier molecular flexibility index (Phi) is 7.39. The summed E-state index contributed by atoms with van der Waals surface area (Å²) in [6, 6.07) is 19.2. The van der Waals surface area contributed by atoms with E-state index in [0.717, 1.165) is 21.9 Å². The van der Waals surface area contributed by atoms with E-state index in [0.29, 0.717) is 5.56 Å². The first-order chi connectivity index (χ1) is 17.4. The number of nitrogens with one attached hydrogen (secondary N) is 1. The maximum atomic E-state index is 14.1. The number of benzene rings is 3. The first-order valence-corrected chi connectivity index (χ1v) is 11.2. The maximum absolute atomic E-state index is 14.1. The number of rotatable bonds is 8. The van der Waals surface area contributed by atoms with E-state index in [4.69, 9.17) is 4.74 Å². The smallest absolute Gasteiger partial charge is 0.308 e. The molecule has 0 aliphatic rings. The Balaban J connectivity index is 1.58. The third-order valence-corrected chi connectivity index (χ3v) is 5.48. The van der Waals surface area contributed by atoms with Crippen molar-refractivity contribution in [3.63, 3.8) is 0 Å². The van der Waals surface area contributed by atoms with E-state index >= 15 is 0 Å². The summed E-state index contributed by atoms with van der Waals surface area (Å²) in [6.07, 6.45) is -0.143. The second-order valence-corrected chi connectivity index (χ2v) is 7.92. The molecule has 1 aromatic heterocycles. The molecule has 2 N–H and O–H groups in total. The van der Waals surface area contributed by atoms with E-state index in [1.807, 2.05) is 0 Å². The summed E-state index contributed by atoms with van der Waals surface area (Å²) in [7, 11) is 0. The normalized spacial score (nSPS) is 11.6. The minimum atomic E-state index is -0.764. The summed E-state index contributed by atoms with van der Waals surface area (Å²) < 4.78 is 33.4. The Hall–Kier alpha value is -4.53. The lowest BCUT2D eigenvalue weighted by atomic mass is 9.99. The molecule has 9 heteroatoms. The SMILES string of the molecule is CCOC(=O)CC(NC(=O)c1cc(O)n(-c2ccccc2F)n1)c1ccc(-c2ccc(F)cc2)cc1. The first kappa shape index (κ1) is 24.6. The van der Waals surface area contributed by atoms with Gasteiger partial charge in [-0.2, -0.15) is 9.78 Å². The van der Waals surface area contributed by atoms with Crippen LogP contribution >= 0.6 is 0 Å². The van der Waals surface area contributed by atoms with Gasteiger partial charge in [0, 0.05) is 6.07 Å². The standard InChI is InChI=1S/C27H23F2N3O4/c1-2-36-26(34)16-22(19-9-7-17(8-10-19)18-11-13-20(28)14-12-18)30-27(35)23-15-25(33)32(31-23)24-6-4-3-5-21(24)29/h3-15,22,33H,2,16H2,1H3,(H,30,35). The number of aromatic nitrogens is 2. The average molecular weight is 491 g/mol. The van der Waals surface area contributed by atoms with Gasteiger partial charge in [0.15, 0.2) is 5.69 Å². The van der Waals surface area contributed by atoms with E-state index in [1.54, 1.807) is 49.4 Å². The van der Waals surface area contributed by atoms with Crippen LogP contribution in [0.2, 0.25) is 0 Å². The van der Waals surface area contributed by atoms with E-state index in [-0.39, 0.29) is 30.2 Å². The number of ether oxygens (including phenoxy) is 1. The molecule has 1 heterocycles. The molecule has 0 fully saturated rings. The number of hydrogen-bond donors (Lipinski definition) is 2.